The van der Waals surface area contributed by atoms with Crippen molar-refractivity contribution in [2.45, 2.75) is 57.7 Å². The minimum absolute atomic E-state index is 0.167. The molecule has 0 bridgehead atoms. The largest absolute Gasteiger partial charge is 0.339 e. The van der Waals surface area contributed by atoms with Crippen LogP contribution in [0, 0.1) is 0 Å². The van der Waals surface area contributed by atoms with E-state index in [0.717, 1.165) is 25.8 Å². The van der Waals surface area contributed by atoms with E-state index in [-0.39, 0.29) is 11.2 Å². The third-order valence-corrected chi connectivity index (χ3v) is 4.12. The number of thiol groups is 1. The summed E-state index contributed by atoms with van der Waals surface area (Å²) in [6.45, 7) is 7.25. The van der Waals surface area contributed by atoms with Crippen molar-refractivity contribution in [3.8, 4) is 0 Å². The highest BCUT2D eigenvalue weighted by molar-refractivity contribution is 7.81. The smallest absolute Gasteiger partial charge is 0.236 e. The Bertz CT molecular complexity index is 393. The number of rotatable bonds is 8. The highest BCUT2D eigenvalue weighted by atomic mass is 32.1. The third-order valence-electron chi connectivity index (χ3n) is 3.72. The number of hydrogen-bond donors (Lipinski definition) is 1. The van der Waals surface area contributed by atoms with Gasteiger partial charge in [-0.3, -0.25) is 4.79 Å². The molecule has 0 aliphatic rings. The zero-order valence-electron chi connectivity index (χ0n) is 12.9. The summed E-state index contributed by atoms with van der Waals surface area (Å²) in [4.78, 5) is 14.6. The molecule has 0 saturated heterocycles. The molecule has 1 amide bonds. The van der Waals surface area contributed by atoms with Gasteiger partial charge in [-0.25, -0.2) is 0 Å². The quantitative estimate of drug-likeness (QED) is 0.720. The average Bonchev–Trinajstić information content (AvgIpc) is 2.48. The van der Waals surface area contributed by atoms with Gasteiger partial charge < -0.3 is 4.90 Å². The van der Waals surface area contributed by atoms with Crippen LogP contribution in [-0.2, 0) is 11.2 Å². The molecule has 0 aliphatic carbocycles. The Balaban J connectivity index is 2.67. The Morgan fingerprint density at radius 1 is 1.25 bits per heavy atom. The Kier molecular flexibility index (Phi) is 7.75. The van der Waals surface area contributed by atoms with Crippen molar-refractivity contribution in [3.05, 3.63) is 35.9 Å². The second-order valence-electron chi connectivity index (χ2n) is 5.35. The Morgan fingerprint density at radius 2 is 1.90 bits per heavy atom. The lowest BCUT2D eigenvalue weighted by Crippen LogP contribution is -2.43. The van der Waals surface area contributed by atoms with E-state index in [1.807, 2.05) is 23.1 Å². The molecule has 0 N–H and O–H groups in total. The van der Waals surface area contributed by atoms with Gasteiger partial charge in [-0.05, 0) is 31.7 Å². The molecule has 0 heterocycles. The molecule has 0 aliphatic heterocycles. The molecular weight excluding hydrogens is 266 g/mol. The van der Waals surface area contributed by atoms with Crippen LogP contribution >= 0.6 is 12.6 Å². The van der Waals surface area contributed by atoms with Gasteiger partial charge in [-0.15, -0.1) is 0 Å². The lowest BCUT2D eigenvalue weighted by molar-refractivity contribution is -0.132. The maximum atomic E-state index is 12.6. The van der Waals surface area contributed by atoms with Crippen LogP contribution in [0.1, 0.15) is 45.6 Å². The molecule has 0 fully saturated rings. The van der Waals surface area contributed by atoms with Gasteiger partial charge in [-0.2, -0.15) is 12.6 Å². The van der Waals surface area contributed by atoms with E-state index in [9.17, 15) is 4.79 Å². The first-order valence-electron chi connectivity index (χ1n) is 7.62. The van der Waals surface area contributed by atoms with Gasteiger partial charge in [0.05, 0.1) is 5.25 Å². The van der Waals surface area contributed by atoms with Crippen molar-refractivity contribution in [1.29, 1.82) is 0 Å². The average molecular weight is 293 g/mol. The first-order chi connectivity index (χ1) is 9.60. The number of carbonyl (C=O) groups excluding carboxylic acids is 1. The lowest BCUT2D eigenvalue weighted by atomic mass is 10.1. The summed E-state index contributed by atoms with van der Waals surface area (Å²) < 4.78 is 0. The minimum Gasteiger partial charge on any atom is -0.339 e. The van der Waals surface area contributed by atoms with Gasteiger partial charge >= 0.3 is 0 Å². The third kappa shape index (κ3) is 5.20. The standard InChI is InChI=1S/C17H27NOS/c1-4-6-12-18(14(3)5-2)17(19)16(20)13-15-10-8-7-9-11-15/h7-11,14,16,20H,4-6,12-13H2,1-3H3. The molecule has 0 saturated carbocycles. The maximum absolute atomic E-state index is 12.6. The lowest BCUT2D eigenvalue weighted by Gasteiger charge is -2.31. The molecule has 3 heteroatoms. The van der Waals surface area contributed by atoms with Crippen molar-refractivity contribution >= 4 is 18.5 Å². The van der Waals surface area contributed by atoms with Crippen molar-refractivity contribution in [2.75, 3.05) is 6.54 Å². The predicted octanol–water partition coefficient (Wildman–Crippen LogP) is 3.95. The molecular formula is C17H27NOS. The molecule has 1 aromatic carbocycles. The number of carbonyl (C=O) groups is 1. The molecule has 2 atom stereocenters. The number of amides is 1. The SMILES string of the molecule is CCCCN(C(=O)C(S)Cc1ccccc1)C(C)CC. The Hall–Kier alpha value is -0.960. The van der Waals surface area contributed by atoms with Crippen LogP contribution in [0.25, 0.3) is 0 Å². The van der Waals surface area contributed by atoms with Gasteiger partial charge in [-0.1, -0.05) is 50.6 Å². The van der Waals surface area contributed by atoms with E-state index >= 15 is 0 Å². The van der Waals surface area contributed by atoms with Crippen LogP contribution in [0.2, 0.25) is 0 Å². The van der Waals surface area contributed by atoms with Crippen molar-refractivity contribution in [3.63, 3.8) is 0 Å². The monoisotopic (exact) mass is 293 g/mol. The molecule has 2 unspecified atom stereocenters. The summed E-state index contributed by atoms with van der Waals surface area (Å²) >= 11 is 4.54. The van der Waals surface area contributed by atoms with Crippen LogP contribution < -0.4 is 0 Å². The van der Waals surface area contributed by atoms with E-state index in [4.69, 9.17) is 0 Å². The summed E-state index contributed by atoms with van der Waals surface area (Å²) in [6.07, 6.45) is 3.85. The zero-order valence-corrected chi connectivity index (χ0v) is 13.8. The van der Waals surface area contributed by atoms with Crippen LogP contribution in [0.5, 0.6) is 0 Å². The molecule has 0 aromatic heterocycles. The van der Waals surface area contributed by atoms with E-state index in [2.05, 4.69) is 45.5 Å². The van der Waals surface area contributed by atoms with Gasteiger partial charge in [0, 0.05) is 12.6 Å². The highest BCUT2D eigenvalue weighted by Crippen LogP contribution is 2.15. The second kappa shape index (κ2) is 9.06. The van der Waals surface area contributed by atoms with E-state index < -0.39 is 0 Å². The number of hydrogen-bond acceptors (Lipinski definition) is 2. The predicted molar refractivity (Wildman–Crippen MR) is 89.3 cm³/mol. The van der Waals surface area contributed by atoms with Crippen molar-refractivity contribution in [2.24, 2.45) is 0 Å². The Labute approximate surface area is 129 Å². The zero-order chi connectivity index (χ0) is 15.0. The van der Waals surface area contributed by atoms with Crippen molar-refractivity contribution in [1.82, 2.24) is 4.90 Å². The first kappa shape index (κ1) is 17.1. The topological polar surface area (TPSA) is 20.3 Å². The minimum atomic E-state index is -0.247. The molecule has 0 radical (unpaired) electrons. The van der Waals surface area contributed by atoms with Crippen LogP contribution in [-0.4, -0.2) is 28.6 Å². The van der Waals surface area contributed by atoms with Gasteiger partial charge in [0.2, 0.25) is 5.91 Å². The van der Waals surface area contributed by atoms with Crippen LogP contribution in [0.15, 0.2) is 30.3 Å². The highest BCUT2D eigenvalue weighted by Gasteiger charge is 2.24. The fourth-order valence-electron chi connectivity index (χ4n) is 2.21. The summed E-state index contributed by atoms with van der Waals surface area (Å²) in [5.74, 6) is 0.167. The van der Waals surface area contributed by atoms with E-state index in [1.54, 1.807) is 0 Å². The maximum Gasteiger partial charge on any atom is 0.236 e. The van der Waals surface area contributed by atoms with E-state index in [0.29, 0.717) is 12.5 Å². The molecule has 20 heavy (non-hydrogen) atoms. The van der Waals surface area contributed by atoms with Crippen LogP contribution in [0.3, 0.4) is 0 Å². The summed E-state index contributed by atoms with van der Waals surface area (Å²) in [5, 5.41) is -0.247. The second-order valence-corrected chi connectivity index (χ2v) is 5.97. The number of nitrogens with zero attached hydrogens (tertiary/aromatic N) is 1. The number of benzene rings is 1. The number of unbranched alkanes of at least 4 members (excludes halogenated alkanes) is 1. The summed E-state index contributed by atoms with van der Waals surface area (Å²) in [6, 6.07) is 10.4. The van der Waals surface area contributed by atoms with E-state index in [1.165, 1.54) is 5.56 Å². The molecule has 112 valence electrons. The Morgan fingerprint density at radius 3 is 2.45 bits per heavy atom. The van der Waals surface area contributed by atoms with Gasteiger partial charge in [0.15, 0.2) is 0 Å². The fraction of sp³-hybridized carbons (Fsp3) is 0.588. The summed E-state index contributed by atoms with van der Waals surface area (Å²) in [7, 11) is 0. The molecule has 0 spiro atoms. The van der Waals surface area contributed by atoms with Crippen LogP contribution in [0.4, 0.5) is 0 Å². The fourth-order valence-corrected chi connectivity index (χ4v) is 2.57. The van der Waals surface area contributed by atoms with Crippen molar-refractivity contribution < 1.29 is 4.79 Å². The first-order valence-corrected chi connectivity index (χ1v) is 8.14. The van der Waals surface area contributed by atoms with Gasteiger partial charge in [0.1, 0.15) is 0 Å². The van der Waals surface area contributed by atoms with Gasteiger partial charge in [0.25, 0.3) is 0 Å². The summed E-state index contributed by atoms with van der Waals surface area (Å²) in [5.41, 5.74) is 1.17. The molecule has 2 nitrogen and oxygen atoms in total. The molecule has 1 aromatic rings. The normalized spacial score (nSPS) is 13.8. The molecule has 1 rings (SSSR count).